The average Bonchev–Trinajstić information content (AvgIpc) is 1.60. The van der Waals surface area contributed by atoms with Gasteiger partial charge in [-0.05, 0) is 146 Å². The molecule has 0 radical (unpaired) electrons. The van der Waals surface area contributed by atoms with Gasteiger partial charge in [-0.15, -0.1) is 34.5 Å². The second-order valence-electron chi connectivity index (χ2n) is 39.7. The molecule has 15 heteroatoms. The molecular formula is C96H138N6O7U2. The Balaban J connectivity index is 0.000000423. The summed E-state index contributed by atoms with van der Waals surface area (Å²) in [7, 11) is 0. The van der Waals surface area contributed by atoms with Crippen LogP contribution in [0.15, 0.2) is 109 Å². The molecule has 2 heterocycles. The standard InChI is InChI=1S/2C45H69N3O3.C6H6.O.2U/c2*1-31-19-34(25-43(4,5)6)40(49)37(22-31)28-46-13-15-47(29-38-23-32(2)20-35(41(38)50)26-44(7,8)9)17-18-48(16-14-46)30-39-24-33(3)21-36(42(39)51)27-45(10,11)12;1-2-4-6-5-3-1;;;/h2*19-24,49-51H,13-18,25-30H2,1-12H3;1-6H;;;/q;;;-2;2*+4/p-6. The van der Waals surface area contributed by atoms with Gasteiger partial charge in [0, 0.05) is 118 Å². The van der Waals surface area contributed by atoms with Crippen molar-refractivity contribution in [1.82, 2.24) is 29.4 Å². The molecule has 0 spiro atoms. The Hall–Kier alpha value is -4.84. The molecule has 602 valence electrons. The van der Waals surface area contributed by atoms with E-state index in [2.05, 4.69) is 268 Å². The molecule has 0 unspecified atom stereocenters. The molecule has 0 atom stereocenters. The summed E-state index contributed by atoms with van der Waals surface area (Å²) < 4.78 is 0. The normalized spacial score (nSPS) is 15.4. The quantitative estimate of drug-likeness (QED) is 0.0792. The molecule has 0 amide bonds. The number of hydrogen-bond donors (Lipinski definition) is 0. The first-order valence-corrected chi connectivity index (χ1v) is 40.2. The fourth-order valence-corrected chi connectivity index (χ4v) is 15.6. The predicted molar refractivity (Wildman–Crippen MR) is 441 cm³/mol. The first-order valence-electron chi connectivity index (χ1n) is 40.2. The number of nitrogens with zero attached hydrogens (tertiary/aromatic N) is 6. The zero-order valence-corrected chi connectivity index (χ0v) is 81.2. The zero-order chi connectivity index (χ0) is 80.0. The number of hydrogen-bond acceptors (Lipinski definition) is 12. The molecule has 13 nitrogen and oxygen atoms in total. The Morgan fingerprint density at radius 2 is 0.306 bits per heavy atom. The Kier molecular flexibility index (Phi) is 38.0. The van der Waals surface area contributed by atoms with Crippen molar-refractivity contribution in [3.8, 4) is 34.5 Å². The van der Waals surface area contributed by atoms with Crippen LogP contribution in [0.4, 0.5) is 0 Å². The minimum atomic E-state index is 0. The van der Waals surface area contributed by atoms with Gasteiger partial charge in [-0.1, -0.05) is 301 Å². The van der Waals surface area contributed by atoms with Crippen LogP contribution in [0, 0.1) is 136 Å². The van der Waals surface area contributed by atoms with E-state index in [9.17, 15) is 30.6 Å². The predicted octanol–water partition coefficient (Wildman–Crippen LogP) is 16.4. The summed E-state index contributed by atoms with van der Waals surface area (Å²) in [5.74, 6) is 0.963. The van der Waals surface area contributed by atoms with Crippen molar-refractivity contribution in [2.45, 2.75) is 244 Å². The molecule has 2 aliphatic rings. The Labute approximate surface area is 720 Å². The molecular weight excluding hydrogens is 1830 g/mol. The van der Waals surface area contributed by atoms with E-state index in [1.807, 2.05) is 36.4 Å². The van der Waals surface area contributed by atoms with E-state index in [1.165, 1.54) is 0 Å². The van der Waals surface area contributed by atoms with Crippen LogP contribution in [0.25, 0.3) is 0 Å². The van der Waals surface area contributed by atoms with Gasteiger partial charge in [0.05, 0.1) is 0 Å². The van der Waals surface area contributed by atoms with E-state index < -0.39 is 0 Å². The molecule has 7 aromatic carbocycles. The largest absolute Gasteiger partial charge is 4.00 e. The van der Waals surface area contributed by atoms with Crippen molar-refractivity contribution < 1.29 is 98.3 Å². The number of aryl methyl sites for hydroxylation is 6. The van der Waals surface area contributed by atoms with Gasteiger partial charge in [0.15, 0.2) is 0 Å². The molecule has 9 rings (SSSR count). The molecule has 111 heavy (non-hydrogen) atoms. The molecule has 2 aliphatic heterocycles. The van der Waals surface area contributed by atoms with E-state index >= 15 is 0 Å². The van der Waals surface area contributed by atoms with Gasteiger partial charge in [0.25, 0.3) is 0 Å². The second kappa shape index (κ2) is 42.9. The summed E-state index contributed by atoms with van der Waals surface area (Å²) in [5, 5.41) is 82.7. The van der Waals surface area contributed by atoms with Crippen molar-refractivity contribution in [2.75, 3.05) is 78.5 Å². The molecule has 0 N–H and O–H groups in total. The molecule has 0 aromatic heterocycles. The fourth-order valence-electron chi connectivity index (χ4n) is 15.6. The van der Waals surface area contributed by atoms with Gasteiger partial charge in [-0.2, -0.15) is 0 Å². The molecule has 0 bridgehead atoms. The molecule has 0 saturated carbocycles. The van der Waals surface area contributed by atoms with Crippen LogP contribution in [0.5, 0.6) is 34.5 Å². The van der Waals surface area contributed by atoms with Gasteiger partial charge < -0.3 is 36.1 Å². The van der Waals surface area contributed by atoms with E-state index in [0.717, 1.165) is 217 Å². The number of rotatable bonds is 18. The minimum absolute atomic E-state index is 0. The maximum absolute atomic E-state index is 13.8. The first kappa shape index (κ1) is 98.5. The Morgan fingerprint density at radius 1 is 0.207 bits per heavy atom. The van der Waals surface area contributed by atoms with Crippen molar-refractivity contribution >= 4 is 0 Å². The SMILES string of the molecule is Cc1cc(CN2CCN(Cc3cc(C)cc(CC(C)(C)C)c3[O-])CCN(Cc3cc(C)cc(CC(C)(C)C)c3[O-])CC2)c([O-])c(CC(C)(C)C)c1.Cc1cc(CN2CCN(Cc3cc(C)cc(CC(C)(C)C)c3[O-])CCN(Cc3cc(C)cc(CC(C)(C)C)c3[O-])CC2)c([O-])c(CC(C)(C)C)c1.[O-2].[U+4].[U+4].c1ccccc1. The van der Waals surface area contributed by atoms with Crippen LogP contribution in [0.3, 0.4) is 0 Å². The topological polar surface area (TPSA) is 186 Å². The van der Waals surface area contributed by atoms with Crippen LogP contribution in [0.2, 0.25) is 0 Å². The van der Waals surface area contributed by atoms with E-state index in [0.29, 0.717) is 39.3 Å². The summed E-state index contributed by atoms with van der Waals surface area (Å²) in [6.45, 7) is 64.8. The maximum atomic E-state index is 13.8. The molecule has 2 fully saturated rings. The minimum Gasteiger partial charge on any atom is -2.00 e. The van der Waals surface area contributed by atoms with Crippen LogP contribution in [-0.4, -0.2) is 108 Å². The van der Waals surface area contributed by atoms with Crippen LogP contribution >= 0.6 is 0 Å². The van der Waals surface area contributed by atoms with Gasteiger partial charge in [0.2, 0.25) is 0 Å². The summed E-state index contributed by atoms with van der Waals surface area (Å²) in [6.07, 6.45) is 4.49. The van der Waals surface area contributed by atoms with Crippen LogP contribution in [-0.2, 0) is 83.3 Å². The zero-order valence-electron chi connectivity index (χ0n) is 72.9. The van der Waals surface area contributed by atoms with Crippen molar-refractivity contribution in [2.24, 2.45) is 32.5 Å². The maximum Gasteiger partial charge on any atom is 4.00 e. The van der Waals surface area contributed by atoms with Crippen molar-refractivity contribution in [1.29, 1.82) is 0 Å². The van der Waals surface area contributed by atoms with E-state index in [4.69, 9.17) is 0 Å². The van der Waals surface area contributed by atoms with E-state index in [1.54, 1.807) is 0 Å². The third-order valence-electron chi connectivity index (χ3n) is 20.1. The molecule has 2 saturated heterocycles. The van der Waals surface area contributed by atoms with Gasteiger partial charge in [-0.25, -0.2) is 0 Å². The summed E-state index contributed by atoms with van der Waals surface area (Å²) in [4.78, 5) is 14.4. The summed E-state index contributed by atoms with van der Waals surface area (Å²) in [6, 6.07) is 36.8. The van der Waals surface area contributed by atoms with Crippen molar-refractivity contribution in [3.05, 3.63) is 209 Å². The van der Waals surface area contributed by atoms with Crippen molar-refractivity contribution in [3.63, 3.8) is 0 Å². The summed E-state index contributed by atoms with van der Waals surface area (Å²) >= 11 is 0. The molecule has 7 aromatic rings. The van der Waals surface area contributed by atoms with E-state index in [-0.39, 0.29) is 135 Å². The second-order valence-corrected chi connectivity index (χ2v) is 39.7. The van der Waals surface area contributed by atoms with Gasteiger partial charge >= 0.3 is 62.2 Å². The number of benzene rings is 7. The third-order valence-corrected chi connectivity index (χ3v) is 20.1. The Bertz CT molecular complexity index is 3380. The molecule has 0 aliphatic carbocycles. The average molecular weight is 1960 g/mol. The fraction of sp³-hybridized carbons (Fsp3) is 0.562. The third kappa shape index (κ3) is 34.1. The Morgan fingerprint density at radius 3 is 0.405 bits per heavy atom. The van der Waals surface area contributed by atoms with Gasteiger partial charge in [0.1, 0.15) is 0 Å². The summed E-state index contributed by atoms with van der Waals surface area (Å²) in [5.41, 5.74) is 17.4. The van der Waals surface area contributed by atoms with Gasteiger partial charge in [-0.3, -0.25) is 29.4 Å². The van der Waals surface area contributed by atoms with Crippen LogP contribution in [0.1, 0.15) is 225 Å². The first-order chi connectivity index (χ1) is 50.1. The monoisotopic (exact) mass is 1960 g/mol. The smallest absolute Gasteiger partial charge is 2.00 e. The van der Waals surface area contributed by atoms with Crippen LogP contribution < -0.4 is 30.6 Å².